The van der Waals surface area contributed by atoms with Gasteiger partial charge in [-0.1, -0.05) is 19.0 Å². The lowest BCUT2D eigenvalue weighted by molar-refractivity contribution is 0.313. The summed E-state index contributed by atoms with van der Waals surface area (Å²) in [7, 11) is -3.71. The third kappa shape index (κ3) is 3.91. The number of halogens is 1. The molecule has 4 N–H and O–H groups in total. The van der Waals surface area contributed by atoms with E-state index in [1.54, 1.807) is 20.8 Å². The van der Waals surface area contributed by atoms with Crippen LogP contribution in [0.15, 0.2) is 19.9 Å². The molecule has 0 spiro atoms. The van der Waals surface area contributed by atoms with Crippen LogP contribution in [0.3, 0.4) is 0 Å². The average molecular weight is 370 g/mol. The van der Waals surface area contributed by atoms with E-state index in [2.05, 4.69) is 25.8 Å². The lowest BCUT2D eigenvalue weighted by Gasteiger charge is -2.20. The summed E-state index contributed by atoms with van der Waals surface area (Å²) < 4.78 is 27.8. The number of hydrogen-bond acceptors (Lipinski definition) is 5. The number of nitrogens with zero attached hydrogens (tertiary/aromatic N) is 1. The van der Waals surface area contributed by atoms with Gasteiger partial charge < -0.3 is 10.9 Å². The van der Waals surface area contributed by atoms with E-state index in [9.17, 15) is 8.42 Å². The van der Waals surface area contributed by atoms with Crippen molar-refractivity contribution in [3.05, 3.63) is 14.7 Å². The van der Waals surface area contributed by atoms with Crippen LogP contribution in [0.5, 0.6) is 0 Å². The van der Waals surface area contributed by atoms with Gasteiger partial charge in [-0.15, -0.1) is 11.3 Å². The molecule has 0 saturated heterocycles. The first-order chi connectivity index (χ1) is 8.69. The van der Waals surface area contributed by atoms with E-state index in [1.165, 1.54) is 17.4 Å². The highest BCUT2D eigenvalue weighted by Crippen LogP contribution is 2.29. The van der Waals surface area contributed by atoms with Gasteiger partial charge in [-0.2, -0.15) is 0 Å². The molecule has 19 heavy (non-hydrogen) atoms. The molecule has 9 heteroatoms. The molecule has 0 amide bonds. The highest BCUT2D eigenvalue weighted by molar-refractivity contribution is 9.11. The fourth-order valence-electron chi connectivity index (χ4n) is 1.53. The molecule has 0 bridgehead atoms. The molecule has 1 atom stereocenters. The molecule has 0 aliphatic carbocycles. The van der Waals surface area contributed by atoms with Crippen LogP contribution in [0, 0.1) is 12.8 Å². The summed E-state index contributed by atoms with van der Waals surface area (Å²) in [6.07, 6.45) is 0. The summed E-state index contributed by atoms with van der Waals surface area (Å²) >= 11 is 4.58. The van der Waals surface area contributed by atoms with Crippen LogP contribution in [0.25, 0.3) is 0 Å². The number of nitrogens with two attached hydrogens (primary N) is 1. The maximum Gasteiger partial charge on any atom is 0.242 e. The van der Waals surface area contributed by atoms with Crippen LogP contribution in [0.1, 0.15) is 18.7 Å². The van der Waals surface area contributed by atoms with Gasteiger partial charge in [-0.3, -0.25) is 0 Å². The molecular weight excluding hydrogens is 354 g/mol. The van der Waals surface area contributed by atoms with Crippen molar-refractivity contribution in [3.8, 4) is 0 Å². The Bertz CT molecular complexity index is 581. The molecule has 6 nitrogen and oxygen atoms in total. The van der Waals surface area contributed by atoms with Crippen molar-refractivity contribution in [2.75, 3.05) is 0 Å². The topological polar surface area (TPSA) is 105 Å². The number of rotatable bonds is 5. The maximum absolute atomic E-state index is 12.3. The molecule has 1 aromatic rings. The summed E-state index contributed by atoms with van der Waals surface area (Å²) in [4.78, 5) is 0.863. The predicted octanol–water partition coefficient (Wildman–Crippen LogP) is 1.87. The summed E-state index contributed by atoms with van der Waals surface area (Å²) in [5, 5.41) is 11.6. The summed E-state index contributed by atoms with van der Waals surface area (Å²) in [6, 6.07) is 0.777. The molecule has 0 saturated carbocycles. The quantitative estimate of drug-likeness (QED) is 0.318. The highest BCUT2D eigenvalue weighted by Gasteiger charge is 2.27. The maximum atomic E-state index is 12.3. The number of hydrogen-bond donors (Lipinski definition) is 3. The third-order valence-electron chi connectivity index (χ3n) is 2.51. The van der Waals surface area contributed by atoms with Crippen LogP contribution in [-0.2, 0) is 10.0 Å². The van der Waals surface area contributed by atoms with Gasteiger partial charge in [-0.05, 0) is 34.8 Å². The molecule has 0 radical (unpaired) electrons. The molecule has 0 aliphatic rings. The van der Waals surface area contributed by atoms with Gasteiger partial charge >= 0.3 is 0 Å². The number of sulfonamides is 1. The summed E-state index contributed by atoms with van der Waals surface area (Å²) in [5.74, 6) is -0.307. The Labute approximate surface area is 124 Å². The van der Waals surface area contributed by atoms with Gasteiger partial charge in [-0.25, -0.2) is 13.1 Å². The van der Waals surface area contributed by atoms with Gasteiger partial charge in [0, 0.05) is 4.88 Å². The lowest BCUT2D eigenvalue weighted by atomic mass is 10.1. The zero-order valence-electron chi connectivity index (χ0n) is 10.7. The van der Waals surface area contributed by atoms with E-state index in [0.717, 1.165) is 3.79 Å². The molecule has 108 valence electrons. The molecule has 1 rings (SSSR count). The van der Waals surface area contributed by atoms with E-state index in [-0.39, 0.29) is 16.6 Å². The lowest BCUT2D eigenvalue weighted by Crippen LogP contribution is -2.47. The third-order valence-corrected chi connectivity index (χ3v) is 5.76. The zero-order chi connectivity index (χ0) is 14.8. The Morgan fingerprint density at radius 2 is 2.16 bits per heavy atom. The number of nitrogens with one attached hydrogen (secondary N) is 1. The molecule has 1 unspecified atom stereocenters. The van der Waals surface area contributed by atoms with Crippen LogP contribution < -0.4 is 10.5 Å². The first kappa shape index (κ1) is 16.4. The first-order valence-electron chi connectivity index (χ1n) is 5.44. The average Bonchev–Trinajstić information content (AvgIpc) is 2.65. The zero-order valence-corrected chi connectivity index (χ0v) is 13.9. The number of aryl methyl sites for hydroxylation is 1. The second-order valence-electron chi connectivity index (χ2n) is 4.34. The fourth-order valence-corrected chi connectivity index (χ4v) is 5.30. The molecule has 1 aromatic heterocycles. The van der Waals surface area contributed by atoms with Crippen molar-refractivity contribution in [3.63, 3.8) is 0 Å². The van der Waals surface area contributed by atoms with Gasteiger partial charge in [0.1, 0.15) is 0 Å². The van der Waals surface area contributed by atoms with E-state index in [4.69, 9.17) is 10.9 Å². The fraction of sp³-hybridized carbons (Fsp3) is 0.500. The monoisotopic (exact) mass is 369 g/mol. The Kier molecular flexibility index (Phi) is 5.36. The molecule has 0 fully saturated rings. The van der Waals surface area contributed by atoms with E-state index < -0.39 is 16.1 Å². The van der Waals surface area contributed by atoms with Gasteiger partial charge in [0.05, 0.1) is 14.7 Å². The van der Waals surface area contributed by atoms with Crippen molar-refractivity contribution in [1.82, 2.24) is 4.72 Å². The first-order valence-corrected chi connectivity index (χ1v) is 8.54. The van der Waals surface area contributed by atoms with Crippen molar-refractivity contribution in [1.29, 1.82) is 0 Å². The van der Waals surface area contributed by atoms with Gasteiger partial charge in [0.15, 0.2) is 5.84 Å². The van der Waals surface area contributed by atoms with Crippen LogP contribution >= 0.6 is 27.3 Å². The van der Waals surface area contributed by atoms with Crippen molar-refractivity contribution < 1.29 is 13.6 Å². The number of amidine groups is 1. The Hall–Kier alpha value is -0.640. The van der Waals surface area contributed by atoms with Gasteiger partial charge in [0.25, 0.3) is 0 Å². The van der Waals surface area contributed by atoms with E-state index in [0.29, 0.717) is 4.88 Å². The minimum Gasteiger partial charge on any atom is -0.409 e. The van der Waals surface area contributed by atoms with Crippen LogP contribution in [0.2, 0.25) is 0 Å². The minimum absolute atomic E-state index is 0.145. The standard InChI is InChI=1S/C10H16BrN3O3S2/c1-5(2)9(10(12)13-15)14-19(16,17)7-4-8(11)18-6(7)3/h4-5,9,14-15H,1-3H3,(H2,12,13). The minimum atomic E-state index is -3.71. The summed E-state index contributed by atoms with van der Waals surface area (Å²) in [6.45, 7) is 5.28. The largest absolute Gasteiger partial charge is 0.409 e. The Morgan fingerprint density at radius 1 is 1.58 bits per heavy atom. The highest BCUT2D eigenvalue weighted by atomic mass is 79.9. The van der Waals surface area contributed by atoms with E-state index in [1.807, 2.05) is 0 Å². The van der Waals surface area contributed by atoms with Crippen LogP contribution in [-0.4, -0.2) is 25.5 Å². The normalized spacial score (nSPS) is 14.9. The second kappa shape index (κ2) is 6.21. The second-order valence-corrected chi connectivity index (χ2v) is 8.66. The van der Waals surface area contributed by atoms with Crippen molar-refractivity contribution >= 4 is 43.1 Å². The van der Waals surface area contributed by atoms with Crippen molar-refractivity contribution in [2.45, 2.75) is 31.7 Å². The van der Waals surface area contributed by atoms with Crippen LogP contribution in [0.4, 0.5) is 0 Å². The number of thiophene rings is 1. The Morgan fingerprint density at radius 3 is 2.53 bits per heavy atom. The molecule has 0 aromatic carbocycles. The van der Waals surface area contributed by atoms with Gasteiger partial charge in [0.2, 0.25) is 10.0 Å². The van der Waals surface area contributed by atoms with E-state index >= 15 is 0 Å². The predicted molar refractivity (Wildman–Crippen MR) is 79.1 cm³/mol. The molecule has 0 aliphatic heterocycles. The molecule has 1 heterocycles. The SMILES string of the molecule is Cc1sc(Br)cc1S(=O)(=O)NC(C(N)=NO)C(C)C. The Balaban J connectivity index is 3.11. The summed E-state index contributed by atoms with van der Waals surface area (Å²) in [5.41, 5.74) is 5.51. The van der Waals surface area contributed by atoms with Crippen molar-refractivity contribution in [2.24, 2.45) is 16.8 Å². The smallest absolute Gasteiger partial charge is 0.242 e. The number of oxime groups is 1. The molecular formula is C10H16BrN3O3S2.